The van der Waals surface area contributed by atoms with E-state index in [0.29, 0.717) is 6.54 Å². The number of piperidine rings is 1. The number of aromatic nitrogens is 3. The molecule has 8 heteroatoms. The van der Waals surface area contributed by atoms with E-state index in [1.807, 2.05) is 22.6 Å². The van der Waals surface area contributed by atoms with Crippen molar-refractivity contribution >= 4 is 21.5 Å². The summed E-state index contributed by atoms with van der Waals surface area (Å²) in [4.78, 5) is 2.14. The number of anilines is 1. The van der Waals surface area contributed by atoms with Crippen molar-refractivity contribution in [2.24, 2.45) is 0 Å². The molecule has 1 saturated carbocycles. The predicted molar refractivity (Wildman–Crippen MR) is 92.5 cm³/mol. The molecule has 3 heterocycles. The van der Waals surface area contributed by atoms with Gasteiger partial charge in [-0.1, -0.05) is 18.9 Å². The number of rotatable bonds is 4. The largest absolute Gasteiger partial charge is 0.356 e. The number of hydrogen-bond donors (Lipinski definition) is 1. The Morgan fingerprint density at radius 3 is 2.79 bits per heavy atom. The number of nitrogens with one attached hydrogen (secondary N) is 1. The van der Waals surface area contributed by atoms with Crippen molar-refractivity contribution in [3.05, 3.63) is 24.5 Å². The summed E-state index contributed by atoms with van der Waals surface area (Å²) in [5.74, 6) is 0.957. The van der Waals surface area contributed by atoms with Crippen molar-refractivity contribution in [1.82, 2.24) is 19.3 Å². The highest BCUT2D eigenvalue weighted by molar-refractivity contribution is 7.90. The molecule has 1 aliphatic carbocycles. The summed E-state index contributed by atoms with van der Waals surface area (Å²) < 4.78 is 30.4. The van der Waals surface area contributed by atoms with Crippen LogP contribution in [0.2, 0.25) is 0 Å². The van der Waals surface area contributed by atoms with Gasteiger partial charge in [0.05, 0.1) is 5.25 Å². The molecule has 24 heavy (non-hydrogen) atoms. The number of nitrogens with zero attached hydrogens (tertiary/aromatic N) is 4. The molecule has 2 fully saturated rings. The van der Waals surface area contributed by atoms with Gasteiger partial charge in [-0.05, 0) is 37.8 Å². The smallest absolute Gasteiger partial charge is 0.216 e. The SMILES string of the molecule is O=S(=O)(NC1CCCC1)C1CCCN(c2cccc3nncn23)C1. The minimum Gasteiger partial charge on any atom is -0.356 e. The van der Waals surface area contributed by atoms with Crippen LogP contribution in [-0.4, -0.2) is 47.4 Å². The molecule has 0 spiro atoms. The summed E-state index contributed by atoms with van der Waals surface area (Å²) in [7, 11) is -3.28. The van der Waals surface area contributed by atoms with E-state index >= 15 is 0 Å². The highest BCUT2D eigenvalue weighted by Crippen LogP contribution is 2.25. The van der Waals surface area contributed by atoms with Crippen LogP contribution in [0.25, 0.3) is 5.65 Å². The number of sulfonamides is 1. The Balaban J connectivity index is 1.54. The Morgan fingerprint density at radius 2 is 1.96 bits per heavy atom. The minimum absolute atomic E-state index is 0.131. The first kappa shape index (κ1) is 15.8. The van der Waals surface area contributed by atoms with Crippen LogP contribution in [0.5, 0.6) is 0 Å². The molecule has 1 unspecified atom stereocenters. The lowest BCUT2D eigenvalue weighted by Crippen LogP contribution is -2.48. The van der Waals surface area contributed by atoms with Gasteiger partial charge in [0.1, 0.15) is 12.1 Å². The van der Waals surface area contributed by atoms with Crippen molar-refractivity contribution in [1.29, 1.82) is 0 Å². The maximum atomic E-state index is 12.8. The maximum absolute atomic E-state index is 12.8. The van der Waals surface area contributed by atoms with Gasteiger partial charge in [-0.2, -0.15) is 0 Å². The molecule has 4 rings (SSSR count). The van der Waals surface area contributed by atoms with Crippen molar-refractivity contribution in [2.45, 2.75) is 49.8 Å². The molecule has 2 aliphatic rings. The molecule has 0 amide bonds. The first-order chi connectivity index (χ1) is 11.6. The fraction of sp³-hybridized carbons (Fsp3) is 0.625. The zero-order valence-corrected chi connectivity index (χ0v) is 14.5. The summed E-state index contributed by atoms with van der Waals surface area (Å²) in [5.41, 5.74) is 0.779. The standard InChI is InChI=1S/C16H23N5O2S/c22-24(23,19-13-5-1-2-6-13)14-7-4-10-20(11-14)16-9-3-8-15-18-17-12-21(15)16/h3,8-9,12-14,19H,1-2,4-7,10-11H2. The fourth-order valence-corrected chi connectivity index (χ4v) is 5.61. The van der Waals surface area contributed by atoms with Gasteiger partial charge in [0.2, 0.25) is 10.0 Å². The van der Waals surface area contributed by atoms with Crippen LogP contribution in [-0.2, 0) is 10.0 Å². The van der Waals surface area contributed by atoms with Gasteiger partial charge in [-0.25, -0.2) is 13.1 Å². The second-order valence-electron chi connectivity index (χ2n) is 6.80. The number of fused-ring (bicyclic) bond motifs is 1. The van der Waals surface area contributed by atoms with Gasteiger partial charge < -0.3 is 4.90 Å². The van der Waals surface area contributed by atoms with E-state index < -0.39 is 10.0 Å². The summed E-state index contributed by atoms with van der Waals surface area (Å²) in [5, 5.41) is 7.65. The third-order valence-corrected chi connectivity index (χ3v) is 7.06. The van der Waals surface area contributed by atoms with Gasteiger partial charge in [0.25, 0.3) is 0 Å². The highest BCUT2D eigenvalue weighted by atomic mass is 32.2. The summed E-state index contributed by atoms with van der Waals surface area (Å²) in [6.45, 7) is 1.37. The molecule has 1 atom stereocenters. The van der Waals surface area contributed by atoms with Crippen LogP contribution in [0.4, 0.5) is 5.82 Å². The van der Waals surface area contributed by atoms with E-state index in [4.69, 9.17) is 0 Å². The quantitative estimate of drug-likeness (QED) is 0.906. The van der Waals surface area contributed by atoms with Gasteiger partial charge >= 0.3 is 0 Å². The molecule has 1 saturated heterocycles. The van der Waals surface area contributed by atoms with Gasteiger partial charge in [-0.15, -0.1) is 10.2 Å². The molecule has 0 bridgehead atoms. The number of pyridine rings is 1. The summed E-state index contributed by atoms with van der Waals surface area (Å²) in [6.07, 6.45) is 7.45. The molecular formula is C16H23N5O2S. The van der Waals surface area contributed by atoms with Crippen LogP contribution >= 0.6 is 0 Å². The molecule has 0 radical (unpaired) electrons. The molecule has 2 aromatic rings. The Hall–Kier alpha value is -1.67. The predicted octanol–water partition coefficient (Wildman–Crippen LogP) is 1.56. The van der Waals surface area contributed by atoms with E-state index in [1.165, 1.54) is 0 Å². The van der Waals surface area contributed by atoms with E-state index in [-0.39, 0.29) is 11.3 Å². The van der Waals surface area contributed by atoms with Crippen molar-refractivity contribution in [3.63, 3.8) is 0 Å². The molecule has 2 aromatic heterocycles. The van der Waals surface area contributed by atoms with Crippen molar-refractivity contribution < 1.29 is 8.42 Å². The lowest BCUT2D eigenvalue weighted by atomic mass is 10.1. The van der Waals surface area contributed by atoms with Gasteiger partial charge in [0, 0.05) is 19.1 Å². The third kappa shape index (κ3) is 3.00. The van der Waals surface area contributed by atoms with Crippen LogP contribution in [0.15, 0.2) is 24.5 Å². The maximum Gasteiger partial charge on any atom is 0.216 e. The zero-order valence-electron chi connectivity index (χ0n) is 13.6. The van der Waals surface area contributed by atoms with Crippen LogP contribution in [0.3, 0.4) is 0 Å². The van der Waals surface area contributed by atoms with Crippen LogP contribution in [0.1, 0.15) is 38.5 Å². The van der Waals surface area contributed by atoms with E-state index in [0.717, 1.165) is 56.5 Å². The summed E-state index contributed by atoms with van der Waals surface area (Å²) in [6, 6.07) is 5.96. The number of hydrogen-bond acceptors (Lipinski definition) is 5. The first-order valence-electron chi connectivity index (χ1n) is 8.68. The topological polar surface area (TPSA) is 79.6 Å². The van der Waals surface area contributed by atoms with E-state index in [2.05, 4.69) is 19.8 Å². The zero-order chi connectivity index (χ0) is 16.6. The lowest BCUT2D eigenvalue weighted by molar-refractivity contribution is 0.504. The van der Waals surface area contributed by atoms with Crippen molar-refractivity contribution in [2.75, 3.05) is 18.0 Å². The van der Waals surface area contributed by atoms with Crippen molar-refractivity contribution in [3.8, 4) is 0 Å². The monoisotopic (exact) mass is 349 g/mol. The second-order valence-corrected chi connectivity index (χ2v) is 8.79. The Labute approximate surface area is 142 Å². The van der Waals surface area contributed by atoms with Gasteiger partial charge in [0.15, 0.2) is 5.65 Å². The average molecular weight is 349 g/mol. The molecule has 1 aliphatic heterocycles. The van der Waals surface area contributed by atoms with Gasteiger partial charge in [-0.3, -0.25) is 4.40 Å². The van der Waals surface area contributed by atoms with Crippen LogP contribution < -0.4 is 9.62 Å². The lowest BCUT2D eigenvalue weighted by Gasteiger charge is -2.34. The average Bonchev–Trinajstić information content (AvgIpc) is 3.25. The van der Waals surface area contributed by atoms with E-state index in [1.54, 1.807) is 6.33 Å². The molecule has 7 nitrogen and oxygen atoms in total. The highest BCUT2D eigenvalue weighted by Gasteiger charge is 2.33. The van der Waals surface area contributed by atoms with Crippen LogP contribution in [0, 0.1) is 0 Å². The molecule has 0 aromatic carbocycles. The fourth-order valence-electron chi connectivity index (χ4n) is 3.86. The Bertz CT molecular complexity index is 813. The Kier molecular flexibility index (Phi) is 4.17. The normalized spacial score (nSPS) is 23.2. The molecule has 1 N–H and O–H groups in total. The minimum atomic E-state index is -3.28. The second kappa shape index (κ2) is 6.33. The summed E-state index contributed by atoms with van der Waals surface area (Å²) >= 11 is 0. The van der Waals surface area contributed by atoms with E-state index in [9.17, 15) is 8.42 Å². The molecular weight excluding hydrogens is 326 g/mol. The first-order valence-corrected chi connectivity index (χ1v) is 10.2. The Morgan fingerprint density at radius 1 is 1.12 bits per heavy atom. The molecule has 130 valence electrons. The third-order valence-electron chi connectivity index (χ3n) is 5.14.